The number of carbonyl (C=O) groups is 1. The van der Waals surface area contributed by atoms with Crippen molar-refractivity contribution < 1.29 is 13.6 Å². The lowest BCUT2D eigenvalue weighted by Crippen LogP contribution is -2.09. The second-order valence-corrected chi connectivity index (χ2v) is 5.01. The first-order valence-corrected chi connectivity index (χ1v) is 6.90. The number of hydrogen-bond donors (Lipinski definition) is 2. The zero-order valence-corrected chi connectivity index (χ0v) is 12.2. The van der Waals surface area contributed by atoms with Crippen LogP contribution in [0.1, 0.15) is 11.1 Å². The summed E-state index contributed by atoms with van der Waals surface area (Å²) in [5, 5.41) is 2.62. The van der Waals surface area contributed by atoms with E-state index in [0.717, 1.165) is 5.56 Å². The highest BCUT2D eigenvalue weighted by atomic mass is 19.1. The number of aromatic nitrogens is 1. The number of oxazole rings is 1. The van der Waals surface area contributed by atoms with Crippen LogP contribution < -0.4 is 11.1 Å². The summed E-state index contributed by atoms with van der Waals surface area (Å²) in [4.78, 5) is 25.6. The summed E-state index contributed by atoms with van der Waals surface area (Å²) in [5.74, 6) is -1.28. The smallest absolute Gasteiger partial charge is 0.408 e. The van der Waals surface area contributed by atoms with Gasteiger partial charge in [-0.1, -0.05) is 12.1 Å². The topological polar surface area (TPSA) is 75.1 Å². The van der Waals surface area contributed by atoms with E-state index in [-0.39, 0.29) is 11.7 Å². The third kappa shape index (κ3) is 3.21. The third-order valence-electron chi connectivity index (χ3n) is 3.40. The van der Waals surface area contributed by atoms with Gasteiger partial charge < -0.3 is 9.73 Å². The van der Waals surface area contributed by atoms with E-state index in [1.807, 2.05) is 0 Å². The van der Waals surface area contributed by atoms with E-state index in [4.69, 9.17) is 4.42 Å². The second kappa shape index (κ2) is 5.92. The highest BCUT2D eigenvalue weighted by Gasteiger charge is 2.05. The van der Waals surface area contributed by atoms with Crippen LogP contribution in [0.15, 0.2) is 51.7 Å². The standard InChI is InChI=1S/C17H13FN2O3/c1-10-12(18)3-2-4-13(10)19-16(21)8-6-11-5-7-15-14(9-11)20-17(22)23-15/h2-9H,1H3,(H,19,21)(H,20,22)/b8-6+. The number of anilines is 1. The van der Waals surface area contributed by atoms with Gasteiger partial charge in [-0.05, 0) is 42.8 Å². The Morgan fingerprint density at radius 2 is 2.13 bits per heavy atom. The van der Waals surface area contributed by atoms with Gasteiger partial charge >= 0.3 is 5.76 Å². The quantitative estimate of drug-likeness (QED) is 0.729. The molecule has 0 aliphatic carbocycles. The summed E-state index contributed by atoms with van der Waals surface area (Å²) in [6.07, 6.45) is 2.93. The molecule has 0 fully saturated rings. The fourth-order valence-electron chi connectivity index (χ4n) is 2.16. The number of hydrogen-bond acceptors (Lipinski definition) is 3. The van der Waals surface area contributed by atoms with Gasteiger partial charge in [-0.25, -0.2) is 9.18 Å². The molecule has 0 unspecified atom stereocenters. The Balaban J connectivity index is 1.76. The van der Waals surface area contributed by atoms with Crippen molar-refractivity contribution in [3.63, 3.8) is 0 Å². The number of H-pyrrole nitrogens is 1. The Labute approximate surface area is 130 Å². The van der Waals surface area contributed by atoms with Gasteiger partial charge in [0, 0.05) is 17.3 Å². The highest BCUT2D eigenvalue weighted by Crippen LogP contribution is 2.18. The van der Waals surface area contributed by atoms with Gasteiger partial charge in [-0.3, -0.25) is 9.78 Å². The van der Waals surface area contributed by atoms with E-state index in [1.165, 1.54) is 18.2 Å². The summed E-state index contributed by atoms with van der Waals surface area (Å²) >= 11 is 0. The van der Waals surface area contributed by atoms with Gasteiger partial charge in [-0.2, -0.15) is 0 Å². The molecule has 116 valence electrons. The SMILES string of the molecule is Cc1c(F)cccc1NC(=O)/C=C/c1ccc2oc(=O)[nH]c2c1. The first-order chi connectivity index (χ1) is 11.0. The van der Waals surface area contributed by atoms with Crippen LogP contribution in [-0.4, -0.2) is 10.9 Å². The molecule has 2 aromatic carbocycles. The Hall–Kier alpha value is -3.15. The van der Waals surface area contributed by atoms with Gasteiger partial charge in [-0.15, -0.1) is 0 Å². The molecule has 6 heteroatoms. The van der Waals surface area contributed by atoms with E-state index in [0.29, 0.717) is 22.4 Å². The van der Waals surface area contributed by atoms with Gasteiger partial charge in [0.2, 0.25) is 5.91 Å². The number of fused-ring (bicyclic) bond motifs is 1. The average Bonchev–Trinajstić information content (AvgIpc) is 2.89. The molecule has 0 saturated carbocycles. The summed E-state index contributed by atoms with van der Waals surface area (Å²) in [5.41, 5.74) is 2.53. The van der Waals surface area contributed by atoms with E-state index < -0.39 is 5.76 Å². The number of halogens is 1. The molecule has 0 saturated heterocycles. The number of aromatic amines is 1. The first kappa shape index (κ1) is 14.8. The van der Waals surface area contributed by atoms with Crippen molar-refractivity contribution in [3.05, 3.63) is 70.0 Å². The molecule has 0 radical (unpaired) electrons. The molecule has 5 nitrogen and oxygen atoms in total. The lowest BCUT2D eigenvalue weighted by molar-refractivity contribution is -0.111. The van der Waals surface area contributed by atoms with Gasteiger partial charge in [0.15, 0.2) is 5.58 Å². The molecule has 1 heterocycles. The Kier molecular flexibility index (Phi) is 3.80. The Morgan fingerprint density at radius 1 is 1.30 bits per heavy atom. The highest BCUT2D eigenvalue weighted by molar-refractivity contribution is 6.02. The van der Waals surface area contributed by atoms with E-state index in [1.54, 1.807) is 37.3 Å². The maximum Gasteiger partial charge on any atom is 0.417 e. The molecule has 0 atom stereocenters. The zero-order valence-electron chi connectivity index (χ0n) is 12.2. The van der Waals surface area contributed by atoms with Crippen molar-refractivity contribution in [2.45, 2.75) is 6.92 Å². The van der Waals surface area contributed by atoms with Crippen LogP contribution in [0.4, 0.5) is 10.1 Å². The molecule has 0 aliphatic rings. The average molecular weight is 312 g/mol. The number of amides is 1. The van der Waals surface area contributed by atoms with Gasteiger partial charge in [0.25, 0.3) is 0 Å². The van der Waals surface area contributed by atoms with E-state index in [9.17, 15) is 14.0 Å². The van der Waals surface area contributed by atoms with Crippen molar-refractivity contribution in [3.8, 4) is 0 Å². The molecule has 3 rings (SSSR count). The maximum atomic E-state index is 13.4. The van der Waals surface area contributed by atoms with Crippen molar-refractivity contribution in [1.82, 2.24) is 4.98 Å². The molecular formula is C17H13FN2O3. The number of rotatable bonds is 3. The van der Waals surface area contributed by atoms with E-state index >= 15 is 0 Å². The number of carbonyl (C=O) groups excluding carboxylic acids is 1. The van der Waals surface area contributed by atoms with Crippen LogP contribution in [0.25, 0.3) is 17.2 Å². The van der Waals surface area contributed by atoms with Crippen LogP contribution in [0.2, 0.25) is 0 Å². The van der Waals surface area contributed by atoms with Crippen molar-refractivity contribution in [1.29, 1.82) is 0 Å². The zero-order chi connectivity index (χ0) is 16.4. The van der Waals surface area contributed by atoms with Crippen LogP contribution in [-0.2, 0) is 4.79 Å². The predicted molar refractivity (Wildman–Crippen MR) is 85.6 cm³/mol. The van der Waals surface area contributed by atoms with Crippen LogP contribution in [0.5, 0.6) is 0 Å². The van der Waals surface area contributed by atoms with Crippen LogP contribution in [0, 0.1) is 12.7 Å². The minimum Gasteiger partial charge on any atom is -0.408 e. The maximum absolute atomic E-state index is 13.4. The molecule has 0 aliphatic heterocycles. The fraction of sp³-hybridized carbons (Fsp3) is 0.0588. The Bertz CT molecular complexity index is 969. The Morgan fingerprint density at radius 3 is 2.96 bits per heavy atom. The minimum atomic E-state index is -0.527. The van der Waals surface area contributed by atoms with Crippen molar-refractivity contribution in [2.75, 3.05) is 5.32 Å². The first-order valence-electron chi connectivity index (χ1n) is 6.90. The molecule has 2 N–H and O–H groups in total. The van der Waals surface area contributed by atoms with Crippen LogP contribution >= 0.6 is 0 Å². The largest absolute Gasteiger partial charge is 0.417 e. The molecule has 0 spiro atoms. The van der Waals surface area contributed by atoms with E-state index in [2.05, 4.69) is 10.3 Å². The molecule has 23 heavy (non-hydrogen) atoms. The molecule has 3 aromatic rings. The fourth-order valence-corrected chi connectivity index (χ4v) is 2.16. The van der Waals surface area contributed by atoms with Gasteiger partial charge in [0.1, 0.15) is 5.82 Å². The normalized spacial score (nSPS) is 11.2. The summed E-state index contributed by atoms with van der Waals surface area (Å²) < 4.78 is 18.3. The molecule has 0 bridgehead atoms. The summed E-state index contributed by atoms with van der Waals surface area (Å²) in [6.45, 7) is 1.60. The number of nitrogens with one attached hydrogen (secondary N) is 2. The van der Waals surface area contributed by atoms with Crippen molar-refractivity contribution >= 4 is 28.8 Å². The van der Waals surface area contributed by atoms with Gasteiger partial charge in [0.05, 0.1) is 5.52 Å². The minimum absolute atomic E-state index is 0.374. The molecule has 1 amide bonds. The lowest BCUT2D eigenvalue weighted by atomic mass is 10.1. The number of benzene rings is 2. The van der Waals surface area contributed by atoms with Crippen LogP contribution in [0.3, 0.4) is 0 Å². The molecular weight excluding hydrogens is 299 g/mol. The third-order valence-corrected chi connectivity index (χ3v) is 3.40. The lowest BCUT2D eigenvalue weighted by Gasteiger charge is -2.06. The predicted octanol–water partition coefficient (Wildman–Crippen LogP) is 3.22. The summed E-state index contributed by atoms with van der Waals surface area (Å²) in [7, 11) is 0. The summed E-state index contributed by atoms with van der Waals surface area (Å²) in [6, 6.07) is 9.55. The monoisotopic (exact) mass is 312 g/mol. The van der Waals surface area contributed by atoms with Crippen molar-refractivity contribution in [2.24, 2.45) is 0 Å². The molecule has 1 aromatic heterocycles. The second-order valence-electron chi connectivity index (χ2n) is 5.01.